The molecule has 1 aromatic heterocycles. The van der Waals surface area contributed by atoms with Crippen LogP contribution in [0.25, 0.3) is 11.3 Å². The third-order valence-corrected chi connectivity index (χ3v) is 6.10. The van der Waals surface area contributed by atoms with Gasteiger partial charge in [-0.3, -0.25) is 9.69 Å². The van der Waals surface area contributed by atoms with Crippen LogP contribution in [0.4, 0.5) is 0 Å². The molecule has 0 aliphatic carbocycles. The first-order valence-corrected chi connectivity index (χ1v) is 10.7. The van der Waals surface area contributed by atoms with Gasteiger partial charge in [-0.1, -0.05) is 41.9 Å². The van der Waals surface area contributed by atoms with E-state index in [1.165, 1.54) is 0 Å². The van der Waals surface area contributed by atoms with Gasteiger partial charge in [0.1, 0.15) is 10.8 Å². The van der Waals surface area contributed by atoms with Crippen LogP contribution >= 0.6 is 22.9 Å². The average molecular weight is 428 g/mol. The van der Waals surface area contributed by atoms with Crippen molar-refractivity contribution in [1.29, 1.82) is 0 Å². The largest absolute Gasteiger partial charge is 0.496 e. The van der Waals surface area contributed by atoms with E-state index in [4.69, 9.17) is 21.3 Å². The highest BCUT2D eigenvalue weighted by molar-refractivity contribution is 7.09. The fourth-order valence-corrected chi connectivity index (χ4v) is 4.46. The van der Waals surface area contributed by atoms with Gasteiger partial charge < -0.3 is 9.64 Å². The smallest absolute Gasteiger partial charge is 0.257 e. The highest BCUT2D eigenvalue weighted by Gasteiger charge is 2.25. The normalized spacial score (nSPS) is 14.8. The first-order valence-electron chi connectivity index (χ1n) is 9.49. The Labute approximate surface area is 179 Å². The molecule has 3 aromatic rings. The summed E-state index contributed by atoms with van der Waals surface area (Å²) in [5, 5.41) is 3.74. The molecule has 7 heteroatoms. The molecule has 150 valence electrons. The van der Waals surface area contributed by atoms with E-state index in [0.29, 0.717) is 29.4 Å². The van der Waals surface area contributed by atoms with Crippen molar-refractivity contribution >= 4 is 28.8 Å². The molecule has 0 saturated carbocycles. The number of benzene rings is 2. The molecule has 2 aromatic carbocycles. The lowest BCUT2D eigenvalue weighted by Crippen LogP contribution is -2.48. The number of aromatic nitrogens is 1. The Morgan fingerprint density at radius 2 is 1.90 bits per heavy atom. The van der Waals surface area contributed by atoms with E-state index in [1.54, 1.807) is 36.6 Å². The molecule has 0 N–H and O–H groups in total. The Bertz CT molecular complexity index is 985. The molecule has 4 rings (SSSR count). The summed E-state index contributed by atoms with van der Waals surface area (Å²) in [5.41, 5.74) is 2.68. The molecular formula is C22H22ClN3O2S. The second-order valence-corrected chi connectivity index (χ2v) is 8.28. The predicted molar refractivity (Wildman–Crippen MR) is 117 cm³/mol. The van der Waals surface area contributed by atoms with Crippen molar-refractivity contribution in [2.24, 2.45) is 0 Å². The fraction of sp³-hybridized carbons (Fsp3) is 0.273. The lowest BCUT2D eigenvalue weighted by Gasteiger charge is -2.34. The molecule has 0 atom stereocenters. The molecule has 5 nitrogen and oxygen atoms in total. The van der Waals surface area contributed by atoms with Gasteiger partial charge in [0.05, 0.1) is 24.9 Å². The number of hydrogen-bond donors (Lipinski definition) is 0. The maximum absolute atomic E-state index is 12.9. The van der Waals surface area contributed by atoms with Gasteiger partial charge in [-0.25, -0.2) is 4.98 Å². The maximum atomic E-state index is 12.9. The second kappa shape index (κ2) is 8.95. The lowest BCUT2D eigenvalue weighted by molar-refractivity contribution is 0.0625. The van der Waals surface area contributed by atoms with Crippen LogP contribution < -0.4 is 4.74 Å². The standard InChI is InChI=1S/C22H22ClN3O2S/c1-28-20-8-7-17(23)13-18(20)22(27)26-11-9-25(10-12-26)14-21-24-19(15-29-21)16-5-3-2-4-6-16/h2-8,13,15H,9-12,14H2,1H3. The first-order chi connectivity index (χ1) is 14.1. The van der Waals surface area contributed by atoms with Crippen LogP contribution in [0.15, 0.2) is 53.9 Å². The number of thiazole rings is 1. The van der Waals surface area contributed by atoms with Crippen molar-refractivity contribution < 1.29 is 9.53 Å². The molecule has 1 aliphatic rings. The van der Waals surface area contributed by atoms with Crippen LogP contribution in [0.1, 0.15) is 15.4 Å². The first kappa shape index (κ1) is 19.9. The minimum atomic E-state index is -0.0374. The highest BCUT2D eigenvalue weighted by atomic mass is 35.5. The van der Waals surface area contributed by atoms with Crippen molar-refractivity contribution in [2.45, 2.75) is 6.54 Å². The monoisotopic (exact) mass is 427 g/mol. The van der Waals surface area contributed by atoms with Gasteiger partial charge in [0.25, 0.3) is 5.91 Å². The molecule has 1 fully saturated rings. The Balaban J connectivity index is 1.36. The summed E-state index contributed by atoms with van der Waals surface area (Å²) in [4.78, 5) is 21.9. The topological polar surface area (TPSA) is 45.7 Å². The van der Waals surface area contributed by atoms with E-state index in [2.05, 4.69) is 22.4 Å². The summed E-state index contributed by atoms with van der Waals surface area (Å²) >= 11 is 7.76. The molecule has 0 bridgehead atoms. The second-order valence-electron chi connectivity index (χ2n) is 6.91. The molecule has 29 heavy (non-hydrogen) atoms. The fourth-order valence-electron chi connectivity index (χ4n) is 3.44. The zero-order valence-electron chi connectivity index (χ0n) is 16.2. The van der Waals surface area contributed by atoms with Gasteiger partial charge in [-0.2, -0.15) is 0 Å². The van der Waals surface area contributed by atoms with Crippen LogP contribution in [0.3, 0.4) is 0 Å². The molecular weight excluding hydrogens is 406 g/mol. The summed E-state index contributed by atoms with van der Waals surface area (Å²) in [6.07, 6.45) is 0. The summed E-state index contributed by atoms with van der Waals surface area (Å²) in [6.45, 7) is 3.78. The SMILES string of the molecule is COc1ccc(Cl)cc1C(=O)N1CCN(Cc2nc(-c3ccccc3)cs2)CC1. The van der Waals surface area contributed by atoms with Crippen molar-refractivity contribution in [3.63, 3.8) is 0 Å². The van der Waals surface area contributed by atoms with Crippen LogP contribution in [0, 0.1) is 0 Å². The third-order valence-electron chi connectivity index (χ3n) is 5.03. The van der Waals surface area contributed by atoms with Gasteiger partial charge >= 0.3 is 0 Å². The molecule has 1 saturated heterocycles. The van der Waals surface area contributed by atoms with E-state index >= 15 is 0 Å². The number of hydrogen-bond acceptors (Lipinski definition) is 5. The van der Waals surface area contributed by atoms with Crippen LogP contribution in [-0.2, 0) is 6.54 Å². The Morgan fingerprint density at radius 1 is 1.14 bits per heavy atom. The number of methoxy groups -OCH3 is 1. The molecule has 0 radical (unpaired) electrons. The van der Waals surface area contributed by atoms with E-state index in [-0.39, 0.29) is 5.91 Å². The highest BCUT2D eigenvalue weighted by Crippen LogP contribution is 2.25. The molecule has 1 aliphatic heterocycles. The Morgan fingerprint density at radius 3 is 2.62 bits per heavy atom. The van der Waals surface area contributed by atoms with Crippen LogP contribution in [-0.4, -0.2) is 54.0 Å². The summed E-state index contributed by atoms with van der Waals surface area (Å²) in [6, 6.07) is 15.4. The van der Waals surface area contributed by atoms with Crippen molar-refractivity contribution in [1.82, 2.24) is 14.8 Å². The van der Waals surface area contributed by atoms with Gasteiger partial charge in [-0.05, 0) is 18.2 Å². The third kappa shape index (κ3) is 4.61. The van der Waals surface area contributed by atoms with Crippen molar-refractivity contribution in [3.05, 3.63) is 69.5 Å². The molecule has 1 amide bonds. The minimum absolute atomic E-state index is 0.0374. The summed E-state index contributed by atoms with van der Waals surface area (Å²) in [7, 11) is 1.57. The zero-order chi connectivity index (χ0) is 20.2. The van der Waals surface area contributed by atoms with E-state index in [0.717, 1.165) is 35.9 Å². The minimum Gasteiger partial charge on any atom is -0.496 e. The number of carbonyl (C=O) groups excluding carboxylic acids is 1. The Kier molecular flexibility index (Phi) is 6.13. The predicted octanol–water partition coefficient (Wildman–Crippen LogP) is 4.43. The Hall–Kier alpha value is -2.41. The number of amides is 1. The van der Waals surface area contributed by atoms with Crippen LogP contribution in [0.5, 0.6) is 5.75 Å². The number of halogens is 1. The number of carbonyl (C=O) groups is 1. The van der Waals surface area contributed by atoms with Gasteiger partial charge in [0, 0.05) is 42.1 Å². The molecule has 2 heterocycles. The quantitative estimate of drug-likeness (QED) is 0.604. The number of nitrogens with zero attached hydrogens (tertiary/aromatic N) is 3. The zero-order valence-corrected chi connectivity index (χ0v) is 17.7. The summed E-state index contributed by atoms with van der Waals surface area (Å²) < 4.78 is 5.33. The number of piperazine rings is 1. The summed E-state index contributed by atoms with van der Waals surface area (Å²) in [5.74, 6) is 0.516. The molecule has 0 unspecified atom stereocenters. The van der Waals surface area contributed by atoms with Crippen molar-refractivity contribution in [2.75, 3.05) is 33.3 Å². The van der Waals surface area contributed by atoms with Gasteiger partial charge in [0.15, 0.2) is 0 Å². The number of ether oxygens (including phenoxy) is 1. The lowest BCUT2D eigenvalue weighted by atomic mass is 10.1. The van der Waals surface area contributed by atoms with Gasteiger partial charge in [0.2, 0.25) is 0 Å². The molecule has 0 spiro atoms. The number of rotatable bonds is 5. The van der Waals surface area contributed by atoms with Crippen molar-refractivity contribution in [3.8, 4) is 17.0 Å². The van der Waals surface area contributed by atoms with Crippen LogP contribution in [0.2, 0.25) is 5.02 Å². The van der Waals surface area contributed by atoms with Gasteiger partial charge in [-0.15, -0.1) is 11.3 Å². The van der Waals surface area contributed by atoms with E-state index in [9.17, 15) is 4.79 Å². The van der Waals surface area contributed by atoms with E-state index < -0.39 is 0 Å². The maximum Gasteiger partial charge on any atom is 0.257 e. The average Bonchev–Trinajstić information content (AvgIpc) is 3.23. The van der Waals surface area contributed by atoms with E-state index in [1.807, 2.05) is 23.1 Å².